The van der Waals surface area contributed by atoms with Gasteiger partial charge in [-0.3, -0.25) is 4.72 Å². The van der Waals surface area contributed by atoms with Crippen LogP contribution in [0.4, 0.5) is 5.69 Å². The normalized spacial score (nSPS) is 11.3. The van der Waals surface area contributed by atoms with Gasteiger partial charge in [0.1, 0.15) is 10.0 Å². The van der Waals surface area contributed by atoms with E-state index < -0.39 is 10.0 Å². The topological polar surface area (TPSA) is 59.1 Å². The molecule has 7 heteroatoms. The molecule has 0 unspecified atom stereocenters. The molecule has 1 heterocycles. The van der Waals surface area contributed by atoms with Crippen molar-refractivity contribution in [3.8, 4) is 0 Å². The first-order chi connectivity index (χ1) is 8.88. The first-order valence-electron chi connectivity index (χ1n) is 5.29. The third kappa shape index (κ3) is 3.46. The summed E-state index contributed by atoms with van der Waals surface area (Å²) in [6.07, 6.45) is 1.22. The zero-order valence-electron chi connectivity index (χ0n) is 9.89. The summed E-state index contributed by atoms with van der Waals surface area (Å²) in [4.78, 5) is 3.82. The number of anilines is 1. The van der Waals surface area contributed by atoms with Crippen LogP contribution < -0.4 is 4.72 Å². The predicted molar refractivity (Wildman–Crippen MR) is 78.9 cm³/mol. The molecule has 0 bridgehead atoms. The molecule has 1 aromatic heterocycles. The number of sulfonamides is 1. The molecule has 2 rings (SSSR count). The highest BCUT2D eigenvalue weighted by Crippen LogP contribution is 2.26. The van der Waals surface area contributed by atoms with E-state index >= 15 is 0 Å². The number of aromatic nitrogens is 1. The van der Waals surface area contributed by atoms with Gasteiger partial charge in [0, 0.05) is 10.7 Å². The lowest BCUT2D eigenvalue weighted by Gasteiger charge is -2.10. The quantitative estimate of drug-likeness (QED) is 0.850. The van der Waals surface area contributed by atoms with E-state index in [2.05, 4.69) is 25.6 Å². The third-order valence-corrected chi connectivity index (χ3v) is 4.61. The van der Waals surface area contributed by atoms with Crippen LogP contribution in [0.2, 0.25) is 5.15 Å². The molecule has 0 fully saturated rings. The van der Waals surface area contributed by atoms with Gasteiger partial charge < -0.3 is 0 Å². The van der Waals surface area contributed by atoms with Gasteiger partial charge in [-0.05, 0) is 52.7 Å². The van der Waals surface area contributed by atoms with Crippen molar-refractivity contribution < 1.29 is 8.42 Å². The molecule has 19 heavy (non-hydrogen) atoms. The van der Waals surface area contributed by atoms with Crippen molar-refractivity contribution in [3.63, 3.8) is 0 Å². The van der Waals surface area contributed by atoms with Gasteiger partial charge in [0.15, 0.2) is 0 Å². The fourth-order valence-corrected chi connectivity index (χ4v) is 3.29. The molecular weight excluding hydrogens is 352 g/mol. The van der Waals surface area contributed by atoms with Crippen LogP contribution in [0.1, 0.15) is 5.56 Å². The third-order valence-electron chi connectivity index (χ3n) is 2.38. The number of hydrogen-bond donors (Lipinski definition) is 1. The maximum atomic E-state index is 12.1. The second kappa shape index (κ2) is 5.48. The molecule has 0 saturated heterocycles. The van der Waals surface area contributed by atoms with Gasteiger partial charge in [0.2, 0.25) is 0 Å². The van der Waals surface area contributed by atoms with E-state index in [1.807, 2.05) is 19.1 Å². The Morgan fingerprint density at radius 1 is 1.26 bits per heavy atom. The minimum atomic E-state index is -3.67. The van der Waals surface area contributed by atoms with E-state index in [9.17, 15) is 8.42 Å². The van der Waals surface area contributed by atoms with Crippen LogP contribution in [0.15, 0.2) is 45.9 Å². The van der Waals surface area contributed by atoms with Crippen LogP contribution in [-0.2, 0) is 10.0 Å². The van der Waals surface area contributed by atoms with Gasteiger partial charge in [-0.25, -0.2) is 13.4 Å². The molecule has 1 aromatic carbocycles. The Labute approximate surface area is 125 Å². The molecule has 0 aliphatic rings. The van der Waals surface area contributed by atoms with Gasteiger partial charge in [-0.1, -0.05) is 17.7 Å². The smallest absolute Gasteiger partial charge is 0.263 e. The van der Waals surface area contributed by atoms with E-state index in [1.165, 1.54) is 18.3 Å². The maximum absolute atomic E-state index is 12.1. The van der Waals surface area contributed by atoms with Gasteiger partial charge in [-0.2, -0.15) is 0 Å². The van der Waals surface area contributed by atoms with Crippen molar-refractivity contribution in [2.24, 2.45) is 0 Å². The Morgan fingerprint density at radius 3 is 2.58 bits per heavy atom. The largest absolute Gasteiger partial charge is 0.278 e. The molecule has 0 atom stereocenters. The number of benzene rings is 1. The number of nitrogens with zero attached hydrogens (tertiary/aromatic N) is 1. The van der Waals surface area contributed by atoms with Crippen LogP contribution in [0, 0.1) is 6.92 Å². The van der Waals surface area contributed by atoms with Crippen molar-refractivity contribution >= 4 is 43.2 Å². The highest BCUT2D eigenvalue weighted by molar-refractivity contribution is 9.10. The van der Waals surface area contributed by atoms with Crippen LogP contribution >= 0.6 is 27.5 Å². The van der Waals surface area contributed by atoms with E-state index in [0.29, 0.717) is 10.2 Å². The predicted octanol–water partition coefficient (Wildman–Crippen LogP) is 3.61. The molecule has 0 spiro atoms. The molecule has 0 saturated carbocycles. The number of rotatable bonds is 3. The zero-order chi connectivity index (χ0) is 14.0. The summed E-state index contributed by atoms with van der Waals surface area (Å²) >= 11 is 8.95. The second-order valence-electron chi connectivity index (χ2n) is 3.91. The summed E-state index contributed by atoms with van der Waals surface area (Å²) in [6, 6.07) is 8.18. The van der Waals surface area contributed by atoms with Gasteiger partial charge in [-0.15, -0.1) is 0 Å². The van der Waals surface area contributed by atoms with Gasteiger partial charge >= 0.3 is 0 Å². The highest BCUT2D eigenvalue weighted by atomic mass is 79.9. The molecule has 4 nitrogen and oxygen atoms in total. The van der Waals surface area contributed by atoms with Crippen LogP contribution in [0.3, 0.4) is 0 Å². The molecule has 0 aliphatic carbocycles. The summed E-state index contributed by atoms with van der Waals surface area (Å²) < 4.78 is 27.4. The number of pyridine rings is 1. The highest BCUT2D eigenvalue weighted by Gasteiger charge is 2.15. The Kier molecular flexibility index (Phi) is 4.13. The fraction of sp³-hybridized carbons (Fsp3) is 0.0833. The summed E-state index contributed by atoms with van der Waals surface area (Å²) in [5, 5.41) is 0.246. The number of nitrogens with one attached hydrogen (secondary N) is 1. The zero-order valence-corrected chi connectivity index (χ0v) is 13.1. The Hall–Kier alpha value is -1.11. The van der Waals surface area contributed by atoms with E-state index in [4.69, 9.17) is 11.6 Å². The SMILES string of the molecule is Cc1ccc(NS(=O)(=O)c2ccc(Cl)nc2)c(Br)c1. The van der Waals surface area contributed by atoms with Crippen LogP contribution in [-0.4, -0.2) is 13.4 Å². The average molecular weight is 362 g/mol. The fourth-order valence-electron chi connectivity index (χ4n) is 1.43. The first kappa shape index (κ1) is 14.3. The van der Waals surface area contributed by atoms with Crippen molar-refractivity contribution in [3.05, 3.63) is 51.7 Å². The van der Waals surface area contributed by atoms with Crippen molar-refractivity contribution in [2.75, 3.05) is 4.72 Å². The summed E-state index contributed by atoms with van der Waals surface area (Å²) in [7, 11) is -3.67. The van der Waals surface area contributed by atoms with Crippen molar-refractivity contribution in [1.82, 2.24) is 4.98 Å². The van der Waals surface area contributed by atoms with Gasteiger partial charge in [0.25, 0.3) is 10.0 Å². The Bertz CT molecular complexity index is 702. The molecule has 2 aromatic rings. The number of aryl methyl sites for hydroxylation is 1. The lowest BCUT2D eigenvalue weighted by molar-refractivity contribution is 0.601. The molecule has 100 valence electrons. The minimum Gasteiger partial charge on any atom is -0.278 e. The second-order valence-corrected chi connectivity index (χ2v) is 6.83. The monoisotopic (exact) mass is 360 g/mol. The van der Waals surface area contributed by atoms with E-state index in [0.717, 1.165) is 5.56 Å². The van der Waals surface area contributed by atoms with Crippen molar-refractivity contribution in [1.29, 1.82) is 0 Å². The maximum Gasteiger partial charge on any atom is 0.263 e. The Morgan fingerprint density at radius 2 is 2.00 bits per heavy atom. The molecular formula is C12H10BrClN2O2S. The minimum absolute atomic E-state index is 0.0596. The summed E-state index contributed by atoms with van der Waals surface area (Å²) in [6.45, 7) is 1.92. The van der Waals surface area contributed by atoms with E-state index in [1.54, 1.807) is 6.07 Å². The molecule has 0 aliphatic heterocycles. The molecule has 0 amide bonds. The lowest BCUT2D eigenvalue weighted by atomic mass is 10.2. The van der Waals surface area contributed by atoms with E-state index in [-0.39, 0.29) is 10.0 Å². The van der Waals surface area contributed by atoms with Crippen LogP contribution in [0.25, 0.3) is 0 Å². The number of halogens is 2. The summed E-state index contributed by atoms with van der Waals surface area (Å²) in [5.74, 6) is 0. The van der Waals surface area contributed by atoms with Gasteiger partial charge in [0.05, 0.1) is 5.69 Å². The molecule has 1 N–H and O–H groups in total. The van der Waals surface area contributed by atoms with Crippen LogP contribution in [0.5, 0.6) is 0 Å². The lowest BCUT2D eigenvalue weighted by Crippen LogP contribution is -2.13. The summed E-state index contributed by atoms with van der Waals surface area (Å²) in [5.41, 5.74) is 1.50. The standard InChI is InChI=1S/C12H10BrClN2O2S/c1-8-2-4-11(10(13)6-8)16-19(17,18)9-3-5-12(14)15-7-9/h2-7,16H,1H3. The number of hydrogen-bond acceptors (Lipinski definition) is 3. The Balaban J connectivity index is 2.33. The molecule has 0 radical (unpaired) electrons. The van der Waals surface area contributed by atoms with Crippen molar-refractivity contribution in [2.45, 2.75) is 11.8 Å². The average Bonchev–Trinajstić information content (AvgIpc) is 2.33. The first-order valence-corrected chi connectivity index (χ1v) is 7.94.